The van der Waals surface area contributed by atoms with Crippen LogP contribution >= 0.6 is 0 Å². The first-order chi connectivity index (χ1) is 8.04. The molecule has 0 saturated heterocycles. The number of hydrogen-bond donors (Lipinski definition) is 3. The molecule has 0 aromatic heterocycles. The van der Waals surface area contributed by atoms with Gasteiger partial charge in [-0.05, 0) is 39.2 Å². The topological polar surface area (TPSA) is 84.2 Å². The van der Waals surface area contributed by atoms with Gasteiger partial charge >= 0.3 is 0 Å². The predicted molar refractivity (Wildman–Crippen MR) is 66.2 cm³/mol. The Morgan fingerprint density at radius 3 is 2.47 bits per heavy atom. The van der Waals surface area contributed by atoms with Crippen molar-refractivity contribution in [2.45, 2.75) is 51.6 Å². The van der Waals surface area contributed by atoms with Crippen molar-refractivity contribution in [3.05, 3.63) is 0 Å². The second-order valence-corrected chi connectivity index (χ2v) is 4.85. The Morgan fingerprint density at radius 2 is 1.94 bits per heavy atom. The van der Waals surface area contributed by atoms with Gasteiger partial charge in [0.25, 0.3) is 0 Å². The lowest BCUT2D eigenvalue weighted by Gasteiger charge is -2.17. The molecule has 1 saturated carbocycles. The smallest absolute Gasteiger partial charge is 0.242 e. The average molecular weight is 241 g/mol. The van der Waals surface area contributed by atoms with Crippen molar-refractivity contribution in [2.75, 3.05) is 6.54 Å². The minimum absolute atomic E-state index is 0.0723. The Morgan fingerprint density at radius 1 is 1.29 bits per heavy atom. The van der Waals surface area contributed by atoms with Crippen molar-refractivity contribution in [3.8, 4) is 0 Å². The van der Waals surface area contributed by atoms with Gasteiger partial charge in [0.15, 0.2) is 0 Å². The second-order valence-electron chi connectivity index (χ2n) is 4.85. The van der Waals surface area contributed by atoms with Gasteiger partial charge in [-0.3, -0.25) is 9.59 Å². The van der Waals surface area contributed by atoms with Crippen LogP contribution in [0.4, 0.5) is 0 Å². The van der Waals surface area contributed by atoms with E-state index in [2.05, 4.69) is 10.6 Å². The molecule has 0 bridgehead atoms. The quantitative estimate of drug-likeness (QED) is 0.593. The first-order valence-electron chi connectivity index (χ1n) is 6.35. The van der Waals surface area contributed by atoms with Crippen LogP contribution in [0.2, 0.25) is 0 Å². The van der Waals surface area contributed by atoms with Gasteiger partial charge in [-0.2, -0.15) is 0 Å². The third kappa shape index (κ3) is 5.17. The summed E-state index contributed by atoms with van der Waals surface area (Å²) in [6, 6.07) is -0.125. The molecule has 2 amide bonds. The van der Waals surface area contributed by atoms with Crippen molar-refractivity contribution < 1.29 is 9.59 Å². The zero-order valence-electron chi connectivity index (χ0n) is 10.7. The minimum Gasteiger partial charge on any atom is -0.352 e. The summed E-state index contributed by atoms with van der Waals surface area (Å²) in [4.78, 5) is 23.4. The van der Waals surface area contributed by atoms with E-state index in [9.17, 15) is 9.59 Å². The van der Waals surface area contributed by atoms with Crippen LogP contribution in [0, 0.1) is 5.92 Å². The van der Waals surface area contributed by atoms with Gasteiger partial charge in [0.05, 0.1) is 0 Å². The van der Waals surface area contributed by atoms with Crippen LogP contribution < -0.4 is 16.4 Å². The molecule has 98 valence electrons. The van der Waals surface area contributed by atoms with Gasteiger partial charge < -0.3 is 16.4 Å². The lowest BCUT2D eigenvalue weighted by Crippen LogP contribution is -2.47. The molecule has 5 nitrogen and oxygen atoms in total. The summed E-state index contributed by atoms with van der Waals surface area (Å²) < 4.78 is 0. The maximum absolute atomic E-state index is 11.7. The largest absolute Gasteiger partial charge is 0.352 e. The van der Waals surface area contributed by atoms with E-state index >= 15 is 0 Å². The maximum Gasteiger partial charge on any atom is 0.242 e. The minimum atomic E-state index is -0.455. The Hall–Kier alpha value is -1.10. The van der Waals surface area contributed by atoms with Crippen LogP contribution in [0.15, 0.2) is 0 Å². The summed E-state index contributed by atoms with van der Waals surface area (Å²) in [6.07, 6.45) is 3.70. The molecular weight excluding hydrogens is 218 g/mol. The Balaban J connectivity index is 2.25. The first kappa shape index (κ1) is 14.0. The van der Waals surface area contributed by atoms with Crippen LogP contribution in [0.5, 0.6) is 0 Å². The van der Waals surface area contributed by atoms with Crippen LogP contribution in [-0.4, -0.2) is 30.4 Å². The molecule has 0 aliphatic heterocycles. The number of amides is 2. The number of carbonyl (C=O) groups is 2. The fourth-order valence-corrected chi connectivity index (χ4v) is 1.53. The molecule has 0 aromatic carbocycles. The van der Waals surface area contributed by atoms with Gasteiger partial charge in [-0.15, -0.1) is 0 Å². The Kier molecular flexibility index (Phi) is 5.41. The van der Waals surface area contributed by atoms with Gasteiger partial charge in [0, 0.05) is 12.0 Å². The Bertz CT molecular complexity index is 277. The van der Waals surface area contributed by atoms with Crippen molar-refractivity contribution in [1.29, 1.82) is 0 Å². The normalized spacial score (nSPS) is 18.3. The highest BCUT2D eigenvalue weighted by molar-refractivity contribution is 5.88. The molecule has 0 aromatic rings. The van der Waals surface area contributed by atoms with E-state index in [-0.39, 0.29) is 17.7 Å². The SMILES string of the molecule is CC(CCCN)C(=O)NC(C)C(=O)NC1CC1. The summed E-state index contributed by atoms with van der Waals surface area (Å²) in [6.45, 7) is 4.16. The first-order valence-corrected chi connectivity index (χ1v) is 6.35. The average Bonchev–Trinajstić information content (AvgIpc) is 3.09. The van der Waals surface area contributed by atoms with E-state index in [0.717, 1.165) is 25.7 Å². The molecular formula is C12H23N3O2. The molecule has 1 aliphatic carbocycles. The zero-order chi connectivity index (χ0) is 12.8. The summed E-state index contributed by atoms with van der Waals surface area (Å²) in [5.41, 5.74) is 5.39. The number of carbonyl (C=O) groups excluding carboxylic acids is 2. The molecule has 0 radical (unpaired) electrons. The number of nitrogens with two attached hydrogens (primary N) is 1. The van der Waals surface area contributed by atoms with Gasteiger partial charge in [-0.25, -0.2) is 0 Å². The zero-order valence-corrected chi connectivity index (χ0v) is 10.7. The number of hydrogen-bond acceptors (Lipinski definition) is 3. The molecule has 1 fully saturated rings. The monoisotopic (exact) mass is 241 g/mol. The van der Waals surface area contributed by atoms with Crippen molar-refractivity contribution >= 4 is 11.8 Å². The number of rotatable bonds is 7. The van der Waals surface area contributed by atoms with Gasteiger partial charge in [-0.1, -0.05) is 6.92 Å². The lowest BCUT2D eigenvalue weighted by atomic mass is 10.0. The summed E-state index contributed by atoms with van der Waals surface area (Å²) in [5, 5.41) is 5.60. The third-order valence-electron chi connectivity index (χ3n) is 2.96. The van der Waals surface area contributed by atoms with Crippen molar-refractivity contribution in [3.63, 3.8) is 0 Å². The summed E-state index contributed by atoms with van der Waals surface area (Å²) in [5.74, 6) is -0.251. The maximum atomic E-state index is 11.7. The molecule has 0 spiro atoms. The molecule has 2 unspecified atom stereocenters. The van der Waals surface area contributed by atoms with E-state index in [1.165, 1.54) is 0 Å². The van der Waals surface area contributed by atoms with E-state index < -0.39 is 6.04 Å². The molecule has 5 heteroatoms. The number of nitrogens with one attached hydrogen (secondary N) is 2. The summed E-state index contributed by atoms with van der Waals surface area (Å²) in [7, 11) is 0. The van der Waals surface area contributed by atoms with Crippen molar-refractivity contribution in [1.82, 2.24) is 10.6 Å². The van der Waals surface area contributed by atoms with Crippen LogP contribution in [0.25, 0.3) is 0 Å². The van der Waals surface area contributed by atoms with Crippen LogP contribution in [-0.2, 0) is 9.59 Å². The highest BCUT2D eigenvalue weighted by Gasteiger charge is 2.26. The second kappa shape index (κ2) is 6.59. The standard InChI is InChI=1S/C12H23N3O2/c1-8(4-3-7-13)11(16)14-9(2)12(17)15-10-5-6-10/h8-10H,3-7,13H2,1-2H3,(H,14,16)(H,15,17). The van der Waals surface area contributed by atoms with Crippen molar-refractivity contribution in [2.24, 2.45) is 11.7 Å². The predicted octanol–water partition coefficient (Wildman–Crippen LogP) is 0.145. The molecule has 17 heavy (non-hydrogen) atoms. The third-order valence-corrected chi connectivity index (χ3v) is 2.96. The van der Waals surface area contributed by atoms with Crippen LogP contribution in [0.3, 0.4) is 0 Å². The van der Waals surface area contributed by atoms with E-state index in [1.54, 1.807) is 6.92 Å². The summed E-state index contributed by atoms with van der Waals surface area (Å²) >= 11 is 0. The molecule has 4 N–H and O–H groups in total. The fourth-order valence-electron chi connectivity index (χ4n) is 1.53. The van der Waals surface area contributed by atoms with E-state index in [1.807, 2.05) is 6.92 Å². The van der Waals surface area contributed by atoms with E-state index in [0.29, 0.717) is 12.6 Å². The lowest BCUT2D eigenvalue weighted by molar-refractivity contribution is -0.130. The highest BCUT2D eigenvalue weighted by atomic mass is 16.2. The molecule has 1 rings (SSSR count). The molecule has 2 atom stereocenters. The van der Waals surface area contributed by atoms with Gasteiger partial charge in [0.2, 0.25) is 11.8 Å². The van der Waals surface area contributed by atoms with Crippen LogP contribution in [0.1, 0.15) is 39.5 Å². The Labute approximate surface area is 103 Å². The van der Waals surface area contributed by atoms with Gasteiger partial charge in [0.1, 0.15) is 6.04 Å². The molecule has 0 heterocycles. The molecule has 1 aliphatic rings. The fraction of sp³-hybridized carbons (Fsp3) is 0.833. The highest BCUT2D eigenvalue weighted by Crippen LogP contribution is 2.18. The van der Waals surface area contributed by atoms with E-state index in [4.69, 9.17) is 5.73 Å².